The molecule has 0 aliphatic rings. The van der Waals surface area contributed by atoms with Gasteiger partial charge in [0.2, 0.25) is 0 Å². The van der Waals surface area contributed by atoms with E-state index in [-0.39, 0.29) is 5.41 Å². The largest absolute Gasteiger partial charge is 0.496 e. The van der Waals surface area contributed by atoms with Gasteiger partial charge in [-0.1, -0.05) is 58.7 Å². The number of para-hydroxylation sites is 1. The quantitative estimate of drug-likeness (QED) is 0.716. The van der Waals surface area contributed by atoms with Crippen LogP contribution in [0.3, 0.4) is 0 Å². The highest BCUT2D eigenvalue weighted by Crippen LogP contribution is 2.39. The summed E-state index contributed by atoms with van der Waals surface area (Å²) in [4.78, 5) is 0. The van der Waals surface area contributed by atoms with Crippen LogP contribution in [0.1, 0.15) is 58.9 Å². The maximum absolute atomic E-state index is 5.62. The number of benzene rings is 1. The molecule has 0 heterocycles. The molecule has 1 N–H and O–H groups in total. The molecule has 0 spiro atoms. The fourth-order valence-corrected chi connectivity index (χ4v) is 3.11. The van der Waals surface area contributed by atoms with Gasteiger partial charge in [-0.2, -0.15) is 0 Å². The minimum atomic E-state index is 0.181. The molecule has 1 aromatic carbocycles. The first kappa shape index (κ1) is 17.0. The second kappa shape index (κ2) is 8.31. The Balaban J connectivity index is 3.17. The lowest BCUT2D eigenvalue weighted by molar-refractivity contribution is 0.308. The normalized spacial score (nSPS) is 11.9. The number of ether oxygens (including phenoxy) is 1. The van der Waals surface area contributed by atoms with Crippen molar-refractivity contribution in [3.05, 3.63) is 29.8 Å². The lowest BCUT2D eigenvalue weighted by Gasteiger charge is -2.36. The van der Waals surface area contributed by atoms with E-state index < -0.39 is 0 Å². The predicted molar refractivity (Wildman–Crippen MR) is 87.6 cm³/mol. The number of hydrogen-bond acceptors (Lipinski definition) is 2. The Morgan fingerprint density at radius 2 is 1.70 bits per heavy atom. The first-order valence-corrected chi connectivity index (χ1v) is 7.96. The maximum atomic E-state index is 5.62. The van der Waals surface area contributed by atoms with E-state index in [0.717, 1.165) is 12.3 Å². The maximum Gasteiger partial charge on any atom is 0.122 e. The van der Waals surface area contributed by atoms with Gasteiger partial charge >= 0.3 is 0 Å². The predicted octanol–water partition coefficient (Wildman–Crippen LogP) is 4.53. The Kier molecular flexibility index (Phi) is 7.08. The molecule has 1 rings (SSSR count). The van der Waals surface area contributed by atoms with Gasteiger partial charge in [0, 0.05) is 23.6 Å². The summed E-state index contributed by atoms with van der Waals surface area (Å²) in [5.74, 6) is 1.03. The van der Waals surface area contributed by atoms with Crippen LogP contribution in [0, 0.1) is 0 Å². The average molecular weight is 277 g/mol. The van der Waals surface area contributed by atoms with E-state index in [4.69, 9.17) is 4.74 Å². The van der Waals surface area contributed by atoms with Crippen LogP contribution in [0.4, 0.5) is 0 Å². The highest BCUT2D eigenvalue weighted by atomic mass is 16.5. The number of hydrogen-bond donors (Lipinski definition) is 1. The zero-order valence-electron chi connectivity index (χ0n) is 13.8. The third kappa shape index (κ3) is 4.24. The van der Waals surface area contributed by atoms with Crippen LogP contribution in [-0.2, 0) is 5.41 Å². The summed E-state index contributed by atoms with van der Waals surface area (Å²) in [7, 11) is 1.78. The second-order valence-electron chi connectivity index (χ2n) is 6.02. The van der Waals surface area contributed by atoms with E-state index in [9.17, 15) is 0 Å². The summed E-state index contributed by atoms with van der Waals surface area (Å²) in [6.45, 7) is 9.99. The molecule has 0 fully saturated rings. The number of methoxy groups -OCH3 is 1. The van der Waals surface area contributed by atoms with Crippen LogP contribution in [0.25, 0.3) is 0 Å². The molecule has 0 aromatic heterocycles. The molecule has 0 unspecified atom stereocenters. The smallest absolute Gasteiger partial charge is 0.122 e. The van der Waals surface area contributed by atoms with Crippen molar-refractivity contribution in [1.29, 1.82) is 0 Å². The van der Waals surface area contributed by atoms with E-state index in [0.29, 0.717) is 6.04 Å². The minimum Gasteiger partial charge on any atom is -0.496 e. The summed E-state index contributed by atoms with van der Waals surface area (Å²) in [5.41, 5.74) is 1.54. The molecule has 0 aliphatic heterocycles. The summed E-state index contributed by atoms with van der Waals surface area (Å²) >= 11 is 0. The van der Waals surface area contributed by atoms with Gasteiger partial charge < -0.3 is 10.1 Å². The van der Waals surface area contributed by atoms with Crippen LogP contribution in [0.5, 0.6) is 5.75 Å². The molecule has 114 valence electrons. The molecule has 0 saturated carbocycles. The highest BCUT2D eigenvalue weighted by molar-refractivity contribution is 5.40. The van der Waals surface area contributed by atoms with Crippen LogP contribution in [0.2, 0.25) is 0 Å². The highest BCUT2D eigenvalue weighted by Gasteiger charge is 2.32. The SMILES string of the molecule is CCCC(CCC)(CNC(C)C)c1ccccc1OC. The average Bonchev–Trinajstić information content (AvgIpc) is 2.45. The van der Waals surface area contributed by atoms with Gasteiger partial charge in [0.25, 0.3) is 0 Å². The topological polar surface area (TPSA) is 21.3 Å². The first-order valence-electron chi connectivity index (χ1n) is 7.96. The molecule has 0 saturated heterocycles. The Bertz CT molecular complexity index is 381. The minimum absolute atomic E-state index is 0.181. The fourth-order valence-electron chi connectivity index (χ4n) is 3.11. The fraction of sp³-hybridized carbons (Fsp3) is 0.667. The molecule has 2 nitrogen and oxygen atoms in total. The third-order valence-electron chi connectivity index (χ3n) is 3.98. The standard InChI is InChI=1S/C18H31NO/c1-6-12-18(13-7-2,14-19-15(3)4)16-10-8-9-11-17(16)20-5/h8-11,15,19H,6-7,12-14H2,1-5H3. The molecular weight excluding hydrogens is 246 g/mol. The van der Waals surface area contributed by atoms with Crippen LogP contribution >= 0.6 is 0 Å². The molecule has 0 aliphatic carbocycles. The van der Waals surface area contributed by atoms with E-state index in [1.54, 1.807) is 7.11 Å². The van der Waals surface area contributed by atoms with Gasteiger partial charge in [0.15, 0.2) is 0 Å². The second-order valence-corrected chi connectivity index (χ2v) is 6.02. The molecule has 2 heteroatoms. The van der Waals surface area contributed by atoms with Gasteiger partial charge in [-0.3, -0.25) is 0 Å². The van der Waals surface area contributed by atoms with Crippen molar-refractivity contribution in [2.75, 3.05) is 13.7 Å². The van der Waals surface area contributed by atoms with Crippen molar-refractivity contribution >= 4 is 0 Å². The van der Waals surface area contributed by atoms with Gasteiger partial charge in [0.1, 0.15) is 5.75 Å². The Morgan fingerprint density at radius 1 is 1.10 bits per heavy atom. The van der Waals surface area contributed by atoms with Gasteiger partial charge in [-0.05, 0) is 18.9 Å². The van der Waals surface area contributed by atoms with Crippen molar-refractivity contribution in [2.45, 2.75) is 64.8 Å². The van der Waals surface area contributed by atoms with Crippen molar-refractivity contribution in [3.63, 3.8) is 0 Å². The van der Waals surface area contributed by atoms with Crippen molar-refractivity contribution in [1.82, 2.24) is 5.32 Å². The van der Waals surface area contributed by atoms with Crippen LogP contribution in [0.15, 0.2) is 24.3 Å². The zero-order valence-corrected chi connectivity index (χ0v) is 13.8. The summed E-state index contributed by atoms with van der Waals surface area (Å²) in [6.07, 6.45) is 4.78. The Hall–Kier alpha value is -1.02. The lowest BCUT2D eigenvalue weighted by atomic mass is 9.72. The van der Waals surface area contributed by atoms with E-state index in [1.165, 1.54) is 31.2 Å². The molecular formula is C18H31NO. The molecule has 0 amide bonds. The monoisotopic (exact) mass is 277 g/mol. The summed E-state index contributed by atoms with van der Waals surface area (Å²) < 4.78 is 5.62. The molecule has 1 aromatic rings. The lowest BCUT2D eigenvalue weighted by Crippen LogP contribution is -2.41. The summed E-state index contributed by atoms with van der Waals surface area (Å²) in [5, 5.41) is 3.65. The zero-order chi connectivity index (χ0) is 15.0. The van der Waals surface area contributed by atoms with Crippen molar-refractivity contribution in [2.24, 2.45) is 0 Å². The Morgan fingerprint density at radius 3 is 2.20 bits per heavy atom. The van der Waals surface area contributed by atoms with Crippen LogP contribution < -0.4 is 10.1 Å². The third-order valence-corrected chi connectivity index (χ3v) is 3.98. The first-order chi connectivity index (χ1) is 9.59. The molecule has 0 bridgehead atoms. The van der Waals surface area contributed by atoms with Crippen molar-refractivity contribution in [3.8, 4) is 5.75 Å². The van der Waals surface area contributed by atoms with Gasteiger partial charge in [-0.15, -0.1) is 0 Å². The van der Waals surface area contributed by atoms with E-state index in [2.05, 4.69) is 57.3 Å². The number of nitrogens with one attached hydrogen (secondary N) is 1. The Labute approximate surface area is 124 Å². The van der Waals surface area contributed by atoms with Gasteiger partial charge in [0.05, 0.1) is 7.11 Å². The summed E-state index contributed by atoms with van der Waals surface area (Å²) in [6, 6.07) is 9.03. The van der Waals surface area contributed by atoms with E-state index >= 15 is 0 Å². The molecule has 0 atom stereocenters. The van der Waals surface area contributed by atoms with Crippen molar-refractivity contribution < 1.29 is 4.74 Å². The molecule has 20 heavy (non-hydrogen) atoms. The van der Waals surface area contributed by atoms with Gasteiger partial charge in [-0.25, -0.2) is 0 Å². The molecule has 0 radical (unpaired) electrons. The van der Waals surface area contributed by atoms with Crippen LogP contribution in [-0.4, -0.2) is 19.7 Å². The van der Waals surface area contributed by atoms with E-state index in [1.807, 2.05) is 0 Å². The number of rotatable bonds is 9.